The minimum Gasteiger partial charge on any atom is -0.469 e. The average Bonchev–Trinajstić information content (AvgIpc) is 3.46. The van der Waals surface area contributed by atoms with Gasteiger partial charge in [-0.3, -0.25) is 9.59 Å². The van der Waals surface area contributed by atoms with E-state index in [-0.39, 0.29) is 51.7 Å². The molecule has 5 fully saturated rings. The van der Waals surface area contributed by atoms with E-state index >= 15 is 0 Å². The molecule has 208 valence electrons. The largest absolute Gasteiger partial charge is 0.469 e. The summed E-state index contributed by atoms with van der Waals surface area (Å²) < 4.78 is 5.24. The van der Waals surface area contributed by atoms with E-state index in [4.69, 9.17) is 4.74 Å². The molecule has 0 aromatic carbocycles. The molecular weight excluding hydrogens is 464 g/mol. The van der Waals surface area contributed by atoms with Crippen molar-refractivity contribution in [1.82, 2.24) is 0 Å². The van der Waals surface area contributed by atoms with Gasteiger partial charge in [0.25, 0.3) is 0 Å². The van der Waals surface area contributed by atoms with Crippen LogP contribution in [0, 0.1) is 56.7 Å². The van der Waals surface area contributed by atoms with Gasteiger partial charge in [0.15, 0.2) is 5.78 Å². The molecule has 0 saturated heterocycles. The van der Waals surface area contributed by atoms with E-state index in [0.717, 1.165) is 50.5 Å². The quantitative estimate of drug-likeness (QED) is 0.350. The lowest BCUT2D eigenvalue weighted by molar-refractivity contribution is -0.212. The Morgan fingerprint density at radius 1 is 0.946 bits per heavy atom. The summed E-state index contributed by atoms with van der Waals surface area (Å²) in [5.74, 6) is 1.37. The number of carbonyl (C=O) groups excluding carboxylic acids is 2. The van der Waals surface area contributed by atoms with Crippen LogP contribution in [0.15, 0.2) is 12.2 Å². The zero-order valence-electron chi connectivity index (χ0n) is 24.2. The highest BCUT2D eigenvalue weighted by Crippen LogP contribution is 2.89. The van der Waals surface area contributed by atoms with E-state index in [1.165, 1.54) is 7.11 Å². The van der Waals surface area contributed by atoms with E-state index in [1.54, 1.807) is 0 Å². The van der Waals surface area contributed by atoms with Crippen LogP contribution in [0.3, 0.4) is 0 Å². The van der Waals surface area contributed by atoms with Crippen molar-refractivity contribution in [3.63, 3.8) is 0 Å². The van der Waals surface area contributed by atoms with Crippen LogP contribution < -0.4 is 0 Å². The molecule has 37 heavy (non-hydrogen) atoms. The molecule has 0 bridgehead atoms. The molecule has 2 N–H and O–H groups in total. The first-order chi connectivity index (χ1) is 17.2. The molecule has 5 rings (SSSR count). The molecule has 0 aromatic rings. The summed E-state index contributed by atoms with van der Waals surface area (Å²) in [7, 11) is 1.42. The summed E-state index contributed by atoms with van der Waals surface area (Å²) in [5.41, 5.74) is -0.163. The van der Waals surface area contributed by atoms with Crippen molar-refractivity contribution in [2.24, 2.45) is 56.7 Å². The van der Waals surface area contributed by atoms with Crippen molar-refractivity contribution < 1.29 is 24.5 Å². The van der Waals surface area contributed by atoms with Crippen molar-refractivity contribution in [2.45, 2.75) is 112 Å². The number of Topliss-reactive ketones (excluding diaryl/α,β-unsaturated/α-hetero) is 1. The number of carbonyl (C=O) groups is 2. The van der Waals surface area contributed by atoms with Gasteiger partial charge in [0.2, 0.25) is 0 Å². The van der Waals surface area contributed by atoms with Crippen molar-refractivity contribution in [3.05, 3.63) is 12.2 Å². The van der Waals surface area contributed by atoms with E-state index in [1.807, 2.05) is 20.8 Å². The van der Waals surface area contributed by atoms with Crippen LogP contribution in [-0.2, 0) is 14.3 Å². The fraction of sp³-hybridized carbons (Fsp3) is 0.875. The number of methoxy groups -OCH3 is 1. The Labute approximate surface area is 223 Å². The molecule has 0 aromatic heterocycles. The average molecular weight is 515 g/mol. The van der Waals surface area contributed by atoms with Gasteiger partial charge >= 0.3 is 5.97 Å². The third-order valence-electron chi connectivity index (χ3n) is 13.7. The highest BCUT2D eigenvalue weighted by molar-refractivity contribution is 5.95. The zero-order chi connectivity index (χ0) is 27.3. The number of fused-ring (bicyclic) bond motifs is 2. The molecule has 0 aliphatic heterocycles. The molecule has 5 saturated carbocycles. The second kappa shape index (κ2) is 8.40. The molecule has 0 heterocycles. The summed E-state index contributed by atoms with van der Waals surface area (Å²) in [4.78, 5) is 26.0. The second-order valence-electron chi connectivity index (χ2n) is 14.9. The lowest BCUT2D eigenvalue weighted by Crippen LogP contribution is -2.63. The van der Waals surface area contributed by atoms with Crippen LogP contribution >= 0.6 is 0 Å². The van der Waals surface area contributed by atoms with E-state index < -0.39 is 17.6 Å². The minimum absolute atomic E-state index is 0.0406. The van der Waals surface area contributed by atoms with Crippen LogP contribution in [-0.4, -0.2) is 41.3 Å². The summed E-state index contributed by atoms with van der Waals surface area (Å²) in [6, 6.07) is 0. The number of hydrogen-bond donors (Lipinski definition) is 2. The van der Waals surface area contributed by atoms with Crippen molar-refractivity contribution in [2.75, 3.05) is 7.11 Å². The van der Waals surface area contributed by atoms with Crippen molar-refractivity contribution >= 4 is 11.8 Å². The summed E-state index contributed by atoms with van der Waals surface area (Å²) >= 11 is 0. The Morgan fingerprint density at radius 3 is 2.22 bits per heavy atom. The maximum absolute atomic E-state index is 13.1. The first-order valence-electron chi connectivity index (χ1n) is 14.8. The first kappa shape index (κ1) is 27.4. The monoisotopic (exact) mass is 514 g/mol. The highest BCUT2D eigenvalue weighted by atomic mass is 16.5. The second-order valence-corrected chi connectivity index (χ2v) is 14.9. The number of allylic oxidation sites excluding steroid dienone is 1. The Kier molecular flexibility index (Phi) is 6.21. The third kappa shape index (κ3) is 3.16. The normalized spacial score (nSPS) is 50.8. The number of esters is 1. The van der Waals surface area contributed by atoms with E-state index in [9.17, 15) is 19.8 Å². The molecule has 11 unspecified atom stereocenters. The number of ether oxygens (including phenoxy) is 1. The van der Waals surface area contributed by atoms with Crippen molar-refractivity contribution in [1.29, 1.82) is 0 Å². The van der Waals surface area contributed by atoms with E-state index in [0.29, 0.717) is 24.2 Å². The van der Waals surface area contributed by atoms with Gasteiger partial charge in [0.1, 0.15) is 0 Å². The van der Waals surface area contributed by atoms with Crippen LogP contribution in [0.2, 0.25) is 0 Å². The van der Waals surface area contributed by atoms with Gasteiger partial charge in [-0.05, 0) is 103 Å². The molecule has 5 aliphatic rings. The maximum Gasteiger partial charge on any atom is 0.314 e. The van der Waals surface area contributed by atoms with Gasteiger partial charge < -0.3 is 14.9 Å². The standard InChI is InChI=1S/C32H50O5/c1-18(2)20(4)22(33)15-19(3)21-11-12-29(6)23-9-10-24-30(7,27(36)37-8)25(34)16-26(35)32(24)17-31(23,32)14-13-28(21,29)5/h18-19,21,23-26,34-35H,4,9-17H2,1-3,5-8H3. The van der Waals surface area contributed by atoms with Gasteiger partial charge in [-0.15, -0.1) is 0 Å². The molecular formula is C32H50O5. The number of aliphatic hydroxyl groups excluding tert-OH is 2. The number of ketones is 1. The molecule has 5 heteroatoms. The number of aliphatic hydroxyl groups is 2. The van der Waals surface area contributed by atoms with Gasteiger partial charge in [-0.25, -0.2) is 0 Å². The van der Waals surface area contributed by atoms with Crippen LogP contribution in [0.25, 0.3) is 0 Å². The Bertz CT molecular complexity index is 1000. The lowest BCUT2D eigenvalue weighted by atomic mass is 9.41. The maximum atomic E-state index is 13.1. The molecule has 0 amide bonds. The smallest absolute Gasteiger partial charge is 0.314 e. The fourth-order valence-electron chi connectivity index (χ4n) is 11.4. The number of rotatable bonds is 6. The van der Waals surface area contributed by atoms with Crippen molar-refractivity contribution in [3.8, 4) is 0 Å². The minimum atomic E-state index is -0.962. The SMILES string of the molecule is C=C(C(=O)CC(C)C1CCC2(C)C3CCC4C(C)(C(=O)OC)C(O)CC(O)C45CC35CCC12C)C(C)C. The van der Waals surface area contributed by atoms with Crippen LogP contribution in [0.1, 0.15) is 99.3 Å². The molecule has 2 spiro atoms. The highest BCUT2D eigenvalue weighted by Gasteiger charge is 2.85. The van der Waals surface area contributed by atoms with Gasteiger partial charge in [0, 0.05) is 18.3 Å². The Hall–Kier alpha value is -1.20. The zero-order valence-corrected chi connectivity index (χ0v) is 24.2. The summed E-state index contributed by atoms with van der Waals surface area (Å²) in [6.45, 7) is 17.3. The topological polar surface area (TPSA) is 83.8 Å². The predicted molar refractivity (Wildman–Crippen MR) is 143 cm³/mol. The van der Waals surface area contributed by atoms with Crippen LogP contribution in [0.4, 0.5) is 0 Å². The fourth-order valence-corrected chi connectivity index (χ4v) is 11.4. The molecule has 0 radical (unpaired) electrons. The van der Waals surface area contributed by atoms with Crippen LogP contribution in [0.5, 0.6) is 0 Å². The Balaban J connectivity index is 1.44. The molecule has 5 aliphatic carbocycles. The van der Waals surface area contributed by atoms with Gasteiger partial charge in [-0.2, -0.15) is 0 Å². The van der Waals surface area contributed by atoms with Gasteiger partial charge in [-0.1, -0.05) is 41.2 Å². The molecule has 5 nitrogen and oxygen atoms in total. The first-order valence-corrected chi connectivity index (χ1v) is 14.8. The summed E-state index contributed by atoms with van der Waals surface area (Å²) in [6.07, 6.45) is 6.74. The predicted octanol–water partition coefficient (Wildman–Crippen LogP) is 5.72. The molecule has 11 atom stereocenters. The summed E-state index contributed by atoms with van der Waals surface area (Å²) in [5, 5.41) is 22.6. The van der Waals surface area contributed by atoms with E-state index in [2.05, 4.69) is 27.4 Å². The lowest BCUT2D eigenvalue weighted by Gasteiger charge is -2.63. The van der Waals surface area contributed by atoms with Gasteiger partial charge in [0.05, 0.1) is 24.7 Å². The number of hydrogen-bond acceptors (Lipinski definition) is 5. The third-order valence-corrected chi connectivity index (χ3v) is 13.7. The Morgan fingerprint density at radius 2 is 1.59 bits per heavy atom.